The maximum absolute atomic E-state index is 14.0. The highest BCUT2D eigenvalue weighted by Crippen LogP contribution is 2.31. The van der Waals surface area contributed by atoms with E-state index in [1.807, 2.05) is 84.9 Å². The summed E-state index contributed by atoms with van der Waals surface area (Å²) in [6, 6.07) is 27.7. The quantitative estimate of drug-likeness (QED) is 0.233. The van der Waals surface area contributed by atoms with E-state index in [9.17, 15) is 9.59 Å². The zero-order chi connectivity index (χ0) is 27.7. The van der Waals surface area contributed by atoms with E-state index >= 15 is 0 Å². The molecule has 5 rings (SSSR count). The predicted octanol–water partition coefficient (Wildman–Crippen LogP) is 6.01. The van der Waals surface area contributed by atoms with Crippen LogP contribution in [0, 0.1) is 5.92 Å². The Balaban J connectivity index is 1.43. The van der Waals surface area contributed by atoms with E-state index in [4.69, 9.17) is 4.98 Å². The van der Waals surface area contributed by atoms with Gasteiger partial charge in [0.1, 0.15) is 0 Å². The third kappa shape index (κ3) is 6.75. The van der Waals surface area contributed by atoms with Crippen LogP contribution in [0.5, 0.6) is 0 Å². The molecule has 4 aromatic rings. The summed E-state index contributed by atoms with van der Waals surface area (Å²) in [4.78, 5) is 31.7. The largest absolute Gasteiger partial charge is 0.351 e. The van der Waals surface area contributed by atoms with Crippen LogP contribution >= 0.6 is 0 Å². The second kappa shape index (κ2) is 13.4. The van der Waals surface area contributed by atoms with Gasteiger partial charge in [-0.2, -0.15) is 0 Å². The van der Waals surface area contributed by atoms with Crippen LogP contribution in [0.15, 0.2) is 84.9 Å². The molecule has 1 aliphatic rings. The Morgan fingerprint density at radius 1 is 0.850 bits per heavy atom. The first-order chi connectivity index (χ1) is 19.6. The number of carbonyl (C=O) groups is 2. The smallest absolute Gasteiger partial charge is 0.252 e. The van der Waals surface area contributed by atoms with Gasteiger partial charge in [0, 0.05) is 35.6 Å². The molecule has 3 N–H and O–H groups in total. The number of para-hydroxylation sites is 1. The average molecular weight is 535 g/mol. The molecule has 0 saturated heterocycles. The molecule has 0 radical (unpaired) electrons. The Hall–Kier alpha value is -4.03. The third-order valence-corrected chi connectivity index (χ3v) is 7.90. The van der Waals surface area contributed by atoms with Crippen LogP contribution in [0.3, 0.4) is 0 Å². The van der Waals surface area contributed by atoms with Crippen molar-refractivity contribution in [1.29, 1.82) is 0 Å². The molecule has 0 bridgehead atoms. The number of carbonyl (C=O) groups excluding carboxylic acids is 2. The van der Waals surface area contributed by atoms with Crippen molar-refractivity contribution in [2.75, 3.05) is 6.54 Å². The number of rotatable bonds is 10. The number of pyridine rings is 1. The van der Waals surface area contributed by atoms with Crippen molar-refractivity contribution in [2.24, 2.45) is 5.92 Å². The molecular formula is C34H38N4O2. The first-order valence-corrected chi connectivity index (χ1v) is 14.4. The lowest BCUT2D eigenvalue weighted by atomic mass is 9.84. The molecule has 1 atom stereocenters. The van der Waals surface area contributed by atoms with Gasteiger partial charge in [-0.15, -0.1) is 0 Å². The van der Waals surface area contributed by atoms with Crippen molar-refractivity contribution in [3.8, 4) is 11.3 Å². The molecule has 1 heterocycles. The molecule has 1 aromatic heterocycles. The third-order valence-electron chi connectivity index (χ3n) is 7.90. The van der Waals surface area contributed by atoms with Gasteiger partial charge < -0.3 is 16.0 Å². The lowest BCUT2D eigenvalue weighted by Gasteiger charge is -2.29. The highest BCUT2D eigenvalue weighted by Gasteiger charge is 2.26. The molecule has 0 unspecified atom stereocenters. The van der Waals surface area contributed by atoms with Gasteiger partial charge in [-0.1, -0.05) is 98.1 Å². The fraction of sp³-hybridized carbons (Fsp3) is 0.324. The van der Waals surface area contributed by atoms with Gasteiger partial charge in [0.2, 0.25) is 5.91 Å². The highest BCUT2D eigenvalue weighted by atomic mass is 16.2. The number of nitrogens with one attached hydrogen (secondary N) is 3. The van der Waals surface area contributed by atoms with Crippen LogP contribution in [0.25, 0.3) is 22.2 Å². The van der Waals surface area contributed by atoms with Gasteiger partial charge in [-0.3, -0.25) is 9.59 Å². The van der Waals surface area contributed by atoms with E-state index < -0.39 is 0 Å². The minimum atomic E-state index is -0.101. The second-order valence-electron chi connectivity index (χ2n) is 10.7. The SMILES string of the molecule is C[C@H](NC(=O)c1c(CNCC(=O)NCc2ccccc2)c(-c2ccccc2)nc2ccccc12)C1CCCCC1. The number of amides is 2. The summed E-state index contributed by atoms with van der Waals surface area (Å²) in [6.07, 6.45) is 6.04. The van der Waals surface area contributed by atoms with Crippen molar-refractivity contribution in [3.63, 3.8) is 0 Å². The standard InChI is InChI=1S/C34H38N4O2/c1-24(26-15-7-3-8-16-26)37-34(40)32-28-19-11-12-20-30(28)38-33(27-17-9-4-10-18-27)29(32)22-35-23-31(39)36-21-25-13-5-2-6-14-25/h2,4-6,9-14,17-20,24,26,35H,3,7-8,15-16,21-23H2,1H3,(H,36,39)(H,37,40)/t24-/m0/s1. The fourth-order valence-electron chi connectivity index (χ4n) is 5.71. The van der Waals surface area contributed by atoms with Gasteiger partial charge in [-0.05, 0) is 37.3 Å². The van der Waals surface area contributed by atoms with Crippen LogP contribution in [-0.4, -0.2) is 29.4 Å². The lowest BCUT2D eigenvalue weighted by molar-refractivity contribution is -0.120. The van der Waals surface area contributed by atoms with Gasteiger partial charge in [0.15, 0.2) is 0 Å². The summed E-state index contributed by atoms with van der Waals surface area (Å²) < 4.78 is 0. The van der Waals surface area contributed by atoms with Gasteiger partial charge in [0.25, 0.3) is 5.91 Å². The molecular weight excluding hydrogens is 496 g/mol. The maximum atomic E-state index is 14.0. The van der Waals surface area contributed by atoms with E-state index in [2.05, 4.69) is 22.9 Å². The molecule has 0 aliphatic heterocycles. The van der Waals surface area contributed by atoms with Gasteiger partial charge in [-0.25, -0.2) is 4.98 Å². The monoisotopic (exact) mass is 534 g/mol. The Bertz CT molecular complexity index is 1430. The lowest BCUT2D eigenvalue weighted by Crippen LogP contribution is -2.40. The van der Waals surface area contributed by atoms with Crippen molar-refractivity contribution < 1.29 is 9.59 Å². The molecule has 3 aromatic carbocycles. The average Bonchev–Trinajstić information content (AvgIpc) is 3.01. The van der Waals surface area contributed by atoms with E-state index in [-0.39, 0.29) is 24.4 Å². The number of benzene rings is 3. The van der Waals surface area contributed by atoms with Crippen molar-refractivity contribution in [3.05, 3.63) is 102 Å². The van der Waals surface area contributed by atoms with E-state index in [0.29, 0.717) is 24.6 Å². The number of hydrogen-bond acceptors (Lipinski definition) is 4. The second-order valence-corrected chi connectivity index (χ2v) is 10.7. The van der Waals surface area contributed by atoms with Crippen molar-refractivity contribution in [2.45, 2.75) is 58.2 Å². The molecule has 1 saturated carbocycles. The fourth-order valence-corrected chi connectivity index (χ4v) is 5.71. The van der Waals surface area contributed by atoms with Crippen LogP contribution in [-0.2, 0) is 17.9 Å². The van der Waals surface area contributed by atoms with Crippen molar-refractivity contribution >= 4 is 22.7 Å². The number of hydrogen-bond donors (Lipinski definition) is 3. The topological polar surface area (TPSA) is 83.1 Å². The molecule has 6 nitrogen and oxygen atoms in total. The zero-order valence-corrected chi connectivity index (χ0v) is 23.2. The van der Waals surface area contributed by atoms with Crippen molar-refractivity contribution in [1.82, 2.24) is 20.9 Å². The van der Waals surface area contributed by atoms with E-state index in [1.165, 1.54) is 19.3 Å². The number of fused-ring (bicyclic) bond motifs is 1. The first kappa shape index (κ1) is 27.5. The molecule has 206 valence electrons. The van der Waals surface area contributed by atoms with E-state index in [0.717, 1.165) is 46.1 Å². The normalized spacial score (nSPS) is 14.5. The summed E-state index contributed by atoms with van der Waals surface area (Å²) in [5.41, 5.74) is 4.95. The first-order valence-electron chi connectivity index (χ1n) is 14.4. The Morgan fingerprint density at radius 2 is 1.52 bits per heavy atom. The zero-order valence-electron chi connectivity index (χ0n) is 23.2. The highest BCUT2D eigenvalue weighted by molar-refractivity contribution is 6.09. The summed E-state index contributed by atoms with van der Waals surface area (Å²) in [5.74, 6) is 0.309. The molecule has 1 fully saturated rings. The Labute approximate surface area is 236 Å². The Morgan fingerprint density at radius 3 is 2.27 bits per heavy atom. The van der Waals surface area contributed by atoms with Gasteiger partial charge >= 0.3 is 0 Å². The minimum absolute atomic E-state index is 0.0841. The Kier molecular flexibility index (Phi) is 9.19. The van der Waals surface area contributed by atoms with E-state index in [1.54, 1.807) is 0 Å². The van der Waals surface area contributed by atoms with Crippen LogP contribution in [0.2, 0.25) is 0 Å². The summed E-state index contributed by atoms with van der Waals surface area (Å²) in [6.45, 7) is 3.07. The molecule has 1 aliphatic carbocycles. The van der Waals surface area contributed by atoms with Crippen LogP contribution < -0.4 is 16.0 Å². The number of nitrogens with zero attached hydrogens (tertiary/aromatic N) is 1. The van der Waals surface area contributed by atoms with Crippen LogP contribution in [0.4, 0.5) is 0 Å². The molecule has 6 heteroatoms. The van der Waals surface area contributed by atoms with Gasteiger partial charge in [0.05, 0.1) is 23.3 Å². The molecule has 0 spiro atoms. The predicted molar refractivity (Wildman–Crippen MR) is 161 cm³/mol. The summed E-state index contributed by atoms with van der Waals surface area (Å²) in [5, 5.41) is 10.4. The van der Waals surface area contributed by atoms with Crippen LogP contribution in [0.1, 0.15) is 60.5 Å². The maximum Gasteiger partial charge on any atom is 0.252 e. The minimum Gasteiger partial charge on any atom is -0.351 e. The summed E-state index contributed by atoms with van der Waals surface area (Å²) >= 11 is 0. The summed E-state index contributed by atoms with van der Waals surface area (Å²) in [7, 11) is 0. The molecule has 40 heavy (non-hydrogen) atoms. The molecule has 2 amide bonds. The number of aromatic nitrogens is 1.